The van der Waals surface area contributed by atoms with Crippen molar-refractivity contribution in [1.29, 1.82) is 5.26 Å². The van der Waals surface area contributed by atoms with E-state index in [4.69, 9.17) is 0 Å². The highest BCUT2D eigenvalue weighted by molar-refractivity contribution is 7.99. The van der Waals surface area contributed by atoms with Gasteiger partial charge in [-0.05, 0) is 37.1 Å². The number of carbonyl (C=O) groups is 1. The third-order valence-electron chi connectivity index (χ3n) is 4.92. The fourth-order valence-electron chi connectivity index (χ4n) is 3.13. The molecule has 0 aliphatic heterocycles. The lowest BCUT2D eigenvalue weighted by atomic mass is 9.98. The van der Waals surface area contributed by atoms with Crippen LogP contribution in [0, 0.1) is 17.2 Å². The van der Waals surface area contributed by atoms with Gasteiger partial charge < -0.3 is 5.32 Å². The van der Waals surface area contributed by atoms with Gasteiger partial charge in [0, 0.05) is 22.9 Å². The Labute approximate surface area is 174 Å². The van der Waals surface area contributed by atoms with Crippen molar-refractivity contribution in [3.8, 4) is 16.5 Å². The van der Waals surface area contributed by atoms with Crippen LogP contribution < -0.4 is 10.9 Å². The molecular formula is C19H18N4O2S3. The molecular weight excluding hydrogens is 412 g/mol. The van der Waals surface area contributed by atoms with Gasteiger partial charge in [0.1, 0.15) is 10.4 Å². The minimum absolute atomic E-state index is 0.110. The molecule has 1 saturated carbocycles. The second-order valence-electron chi connectivity index (χ2n) is 6.99. The summed E-state index contributed by atoms with van der Waals surface area (Å²) in [7, 11) is 1.68. The van der Waals surface area contributed by atoms with Gasteiger partial charge in [-0.25, -0.2) is 4.98 Å². The Morgan fingerprint density at radius 3 is 2.93 bits per heavy atom. The molecule has 4 rings (SSSR count). The number of amides is 1. The Morgan fingerprint density at radius 2 is 2.29 bits per heavy atom. The van der Waals surface area contributed by atoms with Crippen LogP contribution in [-0.2, 0) is 11.8 Å². The Bertz CT molecular complexity index is 1140. The molecule has 1 aliphatic rings. The van der Waals surface area contributed by atoms with E-state index < -0.39 is 5.54 Å². The molecule has 6 nitrogen and oxygen atoms in total. The number of carbonyl (C=O) groups excluding carboxylic acids is 1. The molecule has 3 aromatic heterocycles. The van der Waals surface area contributed by atoms with E-state index in [0.29, 0.717) is 15.4 Å². The Hall–Kier alpha value is -2.15. The zero-order chi connectivity index (χ0) is 19.9. The number of hydrogen-bond acceptors (Lipinski definition) is 7. The minimum atomic E-state index is -0.815. The van der Waals surface area contributed by atoms with Crippen molar-refractivity contribution < 1.29 is 4.79 Å². The second kappa shape index (κ2) is 7.35. The van der Waals surface area contributed by atoms with Crippen LogP contribution in [0.15, 0.2) is 32.8 Å². The maximum atomic E-state index is 12.9. The molecule has 1 aliphatic carbocycles. The maximum Gasteiger partial charge on any atom is 0.263 e. The van der Waals surface area contributed by atoms with Crippen molar-refractivity contribution in [2.75, 3.05) is 5.75 Å². The second-order valence-corrected chi connectivity index (χ2v) is 9.74. The largest absolute Gasteiger partial charge is 0.337 e. The van der Waals surface area contributed by atoms with E-state index in [9.17, 15) is 14.9 Å². The number of thiophene rings is 2. The number of rotatable bonds is 6. The van der Waals surface area contributed by atoms with Gasteiger partial charge in [0.15, 0.2) is 5.16 Å². The van der Waals surface area contributed by atoms with Crippen LogP contribution in [0.3, 0.4) is 0 Å². The summed E-state index contributed by atoms with van der Waals surface area (Å²) in [5, 5.41) is 17.3. The summed E-state index contributed by atoms with van der Waals surface area (Å²) in [6, 6.07) is 6.17. The summed E-state index contributed by atoms with van der Waals surface area (Å²) < 4.78 is 1.49. The summed E-state index contributed by atoms with van der Waals surface area (Å²) in [6.07, 6.45) is 1.93. The lowest BCUT2D eigenvalue weighted by Gasteiger charge is -2.22. The number of nitriles is 1. The first-order chi connectivity index (χ1) is 13.4. The first-order valence-electron chi connectivity index (χ1n) is 8.80. The molecule has 3 aromatic rings. The summed E-state index contributed by atoms with van der Waals surface area (Å²) in [5.74, 6) is 0.117. The predicted molar refractivity (Wildman–Crippen MR) is 114 cm³/mol. The number of aromatic nitrogens is 2. The van der Waals surface area contributed by atoms with Crippen molar-refractivity contribution >= 4 is 50.6 Å². The highest BCUT2D eigenvalue weighted by atomic mass is 32.2. The molecule has 144 valence electrons. The summed E-state index contributed by atoms with van der Waals surface area (Å²) in [4.78, 5) is 31.6. The monoisotopic (exact) mass is 430 g/mol. The fraction of sp³-hybridized carbons (Fsp3) is 0.368. The van der Waals surface area contributed by atoms with Crippen molar-refractivity contribution in [1.82, 2.24) is 14.9 Å². The molecule has 1 amide bonds. The van der Waals surface area contributed by atoms with Crippen molar-refractivity contribution in [2.24, 2.45) is 13.0 Å². The van der Waals surface area contributed by atoms with E-state index in [1.165, 1.54) is 27.7 Å². The van der Waals surface area contributed by atoms with E-state index in [-0.39, 0.29) is 23.1 Å². The van der Waals surface area contributed by atoms with Gasteiger partial charge in [0.25, 0.3) is 5.56 Å². The number of fused-ring (bicyclic) bond motifs is 1. The van der Waals surface area contributed by atoms with E-state index in [2.05, 4.69) is 16.4 Å². The molecule has 0 radical (unpaired) electrons. The van der Waals surface area contributed by atoms with Crippen LogP contribution in [0.4, 0.5) is 0 Å². The van der Waals surface area contributed by atoms with Crippen LogP contribution in [0.1, 0.15) is 19.8 Å². The highest BCUT2D eigenvalue weighted by Crippen LogP contribution is 2.39. The first kappa shape index (κ1) is 19.2. The van der Waals surface area contributed by atoms with Gasteiger partial charge in [0.05, 0.1) is 17.2 Å². The highest BCUT2D eigenvalue weighted by Gasteiger charge is 2.42. The van der Waals surface area contributed by atoms with Gasteiger partial charge in [-0.1, -0.05) is 17.8 Å². The van der Waals surface area contributed by atoms with Crippen LogP contribution in [0.5, 0.6) is 0 Å². The normalized spacial score (nSPS) is 15.9. The Kier molecular flexibility index (Phi) is 5.04. The van der Waals surface area contributed by atoms with Gasteiger partial charge in [-0.15, -0.1) is 22.7 Å². The van der Waals surface area contributed by atoms with E-state index >= 15 is 0 Å². The number of nitrogens with zero attached hydrogens (tertiary/aromatic N) is 3. The molecule has 0 aromatic carbocycles. The van der Waals surface area contributed by atoms with Crippen LogP contribution in [0.2, 0.25) is 0 Å². The number of thioether (sulfide) groups is 1. The van der Waals surface area contributed by atoms with Crippen LogP contribution in [-0.4, -0.2) is 26.8 Å². The Balaban J connectivity index is 1.55. The standard InChI is InChI=1S/C19H18N4O2S3/c1-19(10-20,11-5-6-11)22-14(24)9-28-18-21-16-15(17(25)23(18)2)12(8-27-16)13-4-3-7-26-13/h3-4,7-8,11H,5-6,9H2,1-2H3,(H,22,24). The van der Waals surface area contributed by atoms with Gasteiger partial charge >= 0.3 is 0 Å². The summed E-state index contributed by atoms with van der Waals surface area (Å²) >= 11 is 4.24. The average Bonchev–Trinajstić information content (AvgIpc) is 3.24. The van der Waals surface area contributed by atoms with Crippen molar-refractivity contribution in [3.63, 3.8) is 0 Å². The SMILES string of the molecule is Cn1c(SCC(=O)NC(C)(C#N)C2CC2)nc2scc(-c3cccs3)c2c1=O. The smallest absolute Gasteiger partial charge is 0.263 e. The van der Waals surface area contributed by atoms with Gasteiger partial charge in [-0.2, -0.15) is 5.26 Å². The zero-order valence-electron chi connectivity index (χ0n) is 15.4. The Morgan fingerprint density at radius 1 is 1.50 bits per heavy atom. The molecule has 1 unspecified atom stereocenters. The van der Waals surface area contributed by atoms with E-state index in [1.807, 2.05) is 22.9 Å². The predicted octanol–water partition coefficient (Wildman–Crippen LogP) is 3.62. The lowest BCUT2D eigenvalue weighted by Crippen LogP contribution is -2.47. The third-order valence-corrected chi connectivity index (χ3v) is 7.72. The van der Waals surface area contributed by atoms with Crippen LogP contribution >= 0.6 is 34.4 Å². The summed E-state index contributed by atoms with van der Waals surface area (Å²) in [6.45, 7) is 1.77. The number of nitrogens with one attached hydrogen (secondary N) is 1. The molecule has 3 heterocycles. The van der Waals surface area contributed by atoms with Crippen molar-refractivity contribution in [2.45, 2.75) is 30.5 Å². The lowest BCUT2D eigenvalue weighted by molar-refractivity contribution is -0.119. The van der Waals surface area contributed by atoms with Crippen LogP contribution in [0.25, 0.3) is 20.7 Å². The molecule has 0 spiro atoms. The average molecular weight is 431 g/mol. The fourth-order valence-corrected chi connectivity index (χ4v) is 5.71. The quantitative estimate of drug-likeness (QED) is 0.477. The third kappa shape index (κ3) is 3.48. The number of hydrogen-bond donors (Lipinski definition) is 1. The molecule has 1 N–H and O–H groups in total. The van der Waals surface area contributed by atoms with Gasteiger partial charge in [0.2, 0.25) is 5.91 Å². The maximum absolute atomic E-state index is 12.9. The molecule has 0 bridgehead atoms. The minimum Gasteiger partial charge on any atom is -0.337 e. The molecule has 0 saturated heterocycles. The van der Waals surface area contributed by atoms with E-state index in [1.54, 1.807) is 25.3 Å². The van der Waals surface area contributed by atoms with Crippen molar-refractivity contribution in [3.05, 3.63) is 33.2 Å². The topological polar surface area (TPSA) is 87.8 Å². The van der Waals surface area contributed by atoms with Gasteiger partial charge in [-0.3, -0.25) is 14.2 Å². The molecule has 1 atom stereocenters. The zero-order valence-corrected chi connectivity index (χ0v) is 17.8. The first-order valence-corrected chi connectivity index (χ1v) is 11.5. The van der Waals surface area contributed by atoms with E-state index in [0.717, 1.165) is 23.3 Å². The molecule has 28 heavy (non-hydrogen) atoms. The molecule has 1 fully saturated rings. The molecule has 9 heteroatoms. The summed E-state index contributed by atoms with van der Waals surface area (Å²) in [5.41, 5.74) is -0.0198.